The molecule has 21 heavy (non-hydrogen) atoms. The third-order valence-corrected chi connectivity index (χ3v) is 4.20. The molecular formula is C16H22FNO3. The lowest BCUT2D eigenvalue weighted by Gasteiger charge is -2.43. The molecule has 0 unspecified atom stereocenters. The predicted octanol–water partition coefficient (Wildman–Crippen LogP) is 2.21. The lowest BCUT2D eigenvalue weighted by atomic mass is 9.99. The summed E-state index contributed by atoms with van der Waals surface area (Å²) in [6.07, 6.45) is 1.04. The molecule has 0 aliphatic carbocycles. The van der Waals surface area contributed by atoms with Crippen molar-refractivity contribution < 1.29 is 18.6 Å². The van der Waals surface area contributed by atoms with Crippen LogP contribution in [0.2, 0.25) is 0 Å². The third-order valence-electron chi connectivity index (χ3n) is 4.20. The first-order chi connectivity index (χ1) is 10.1. The Balaban J connectivity index is 1.75. The molecule has 0 radical (unpaired) electrons. The van der Waals surface area contributed by atoms with Crippen molar-refractivity contribution >= 4 is 0 Å². The van der Waals surface area contributed by atoms with E-state index in [-0.39, 0.29) is 17.5 Å². The molecule has 5 heteroatoms. The van der Waals surface area contributed by atoms with Gasteiger partial charge < -0.3 is 14.2 Å². The first-order valence-electron chi connectivity index (χ1n) is 7.41. The summed E-state index contributed by atoms with van der Waals surface area (Å²) in [7, 11) is 1.49. The highest BCUT2D eigenvalue weighted by molar-refractivity contribution is 5.31. The Labute approximate surface area is 124 Å². The van der Waals surface area contributed by atoms with Crippen molar-refractivity contribution in [2.24, 2.45) is 0 Å². The van der Waals surface area contributed by atoms with Gasteiger partial charge >= 0.3 is 0 Å². The minimum Gasteiger partial charge on any atom is -0.494 e. The summed E-state index contributed by atoms with van der Waals surface area (Å²) >= 11 is 0. The summed E-state index contributed by atoms with van der Waals surface area (Å²) in [5, 5.41) is 0. The smallest absolute Gasteiger partial charge is 0.169 e. The fourth-order valence-corrected chi connectivity index (χ4v) is 3.34. The minimum absolute atomic E-state index is 0.133. The van der Waals surface area contributed by atoms with E-state index in [2.05, 4.69) is 11.8 Å². The average molecular weight is 295 g/mol. The van der Waals surface area contributed by atoms with E-state index in [4.69, 9.17) is 14.2 Å². The molecule has 2 atom stereocenters. The van der Waals surface area contributed by atoms with Crippen LogP contribution in [-0.2, 0) is 16.0 Å². The van der Waals surface area contributed by atoms with E-state index >= 15 is 0 Å². The number of halogens is 1. The molecule has 1 aromatic rings. The summed E-state index contributed by atoms with van der Waals surface area (Å²) in [6, 6.07) is 5.29. The zero-order valence-corrected chi connectivity index (χ0v) is 12.6. The summed E-state index contributed by atoms with van der Waals surface area (Å²) in [5.41, 5.74) is 0.449. The maximum Gasteiger partial charge on any atom is 0.169 e. The largest absolute Gasteiger partial charge is 0.494 e. The van der Waals surface area contributed by atoms with Crippen molar-refractivity contribution in [2.45, 2.75) is 31.6 Å². The SMILES string of the molecule is COc1cccc(CN2C[C@H](C)O[C@]3(CCOC3)C2)c1F. The van der Waals surface area contributed by atoms with Crippen LogP contribution in [0, 0.1) is 5.82 Å². The van der Waals surface area contributed by atoms with Gasteiger partial charge in [0.25, 0.3) is 0 Å². The van der Waals surface area contributed by atoms with Gasteiger partial charge in [-0.15, -0.1) is 0 Å². The molecule has 2 aliphatic heterocycles. The van der Waals surface area contributed by atoms with Gasteiger partial charge in [-0.1, -0.05) is 12.1 Å². The van der Waals surface area contributed by atoms with Crippen LogP contribution in [0.4, 0.5) is 4.39 Å². The highest BCUT2D eigenvalue weighted by atomic mass is 19.1. The van der Waals surface area contributed by atoms with Crippen molar-refractivity contribution in [2.75, 3.05) is 33.4 Å². The highest BCUT2D eigenvalue weighted by Gasteiger charge is 2.42. The fraction of sp³-hybridized carbons (Fsp3) is 0.625. The summed E-state index contributed by atoms with van der Waals surface area (Å²) in [5.74, 6) is 0.0311. The maximum absolute atomic E-state index is 14.3. The van der Waals surface area contributed by atoms with Crippen LogP contribution in [0.25, 0.3) is 0 Å². The van der Waals surface area contributed by atoms with E-state index in [1.165, 1.54) is 7.11 Å². The number of ether oxygens (including phenoxy) is 3. The Kier molecular flexibility index (Phi) is 4.15. The van der Waals surface area contributed by atoms with Gasteiger partial charge in [0.2, 0.25) is 0 Å². The molecule has 0 saturated carbocycles. The molecule has 2 fully saturated rings. The van der Waals surface area contributed by atoms with Crippen LogP contribution in [0.3, 0.4) is 0 Å². The normalized spacial score (nSPS) is 30.0. The number of nitrogens with zero attached hydrogens (tertiary/aromatic N) is 1. The van der Waals surface area contributed by atoms with Crippen molar-refractivity contribution in [3.8, 4) is 5.75 Å². The summed E-state index contributed by atoms with van der Waals surface area (Å²) in [4.78, 5) is 2.25. The summed E-state index contributed by atoms with van der Waals surface area (Å²) < 4.78 is 30.9. The average Bonchev–Trinajstić information content (AvgIpc) is 2.88. The van der Waals surface area contributed by atoms with Gasteiger partial charge in [-0.3, -0.25) is 4.90 Å². The fourth-order valence-electron chi connectivity index (χ4n) is 3.34. The zero-order chi connectivity index (χ0) is 14.9. The Hall–Kier alpha value is -1.17. The van der Waals surface area contributed by atoms with Crippen LogP contribution in [0.1, 0.15) is 18.9 Å². The number of methoxy groups -OCH3 is 1. The molecule has 0 amide bonds. The van der Waals surface area contributed by atoms with E-state index < -0.39 is 0 Å². The molecule has 4 nitrogen and oxygen atoms in total. The topological polar surface area (TPSA) is 30.9 Å². The van der Waals surface area contributed by atoms with E-state index in [1.54, 1.807) is 6.07 Å². The molecule has 116 valence electrons. The number of hydrogen-bond donors (Lipinski definition) is 0. The quantitative estimate of drug-likeness (QED) is 0.855. The van der Waals surface area contributed by atoms with Crippen molar-refractivity contribution in [3.05, 3.63) is 29.6 Å². The number of benzene rings is 1. The van der Waals surface area contributed by atoms with Crippen LogP contribution in [-0.4, -0.2) is 50.0 Å². The molecule has 3 rings (SSSR count). The Morgan fingerprint density at radius 3 is 3.05 bits per heavy atom. The van der Waals surface area contributed by atoms with Crippen molar-refractivity contribution in [1.29, 1.82) is 0 Å². The van der Waals surface area contributed by atoms with Gasteiger partial charge in [0.15, 0.2) is 11.6 Å². The first-order valence-corrected chi connectivity index (χ1v) is 7.41. The number of morpholine rings is 1. The second-order valence-corrected chi connectivity index (χ2v) is 6.02. The molecule has 0 bridgehead atoms. The van der Waals surface area contributed by atoms with Gasteiger partial charge in [-0.2, -0.15) is 0 Å². The molecule has 0 aromatic heterocycles. The Morgan fingerprint density at radius 2 is 2.33 bits per heavy atom. The van der Waals surface area contributed by atoms with E-state index in [0.29, 0.717) is 24.5 Å². The van der Waals surface area contributed by atoms with Gasteiger partial charge in [0.05, 0.1) is 19.8 Å². The van der Waals surface area contributed by atoms with Crippen LogP contribution in [0.5, 0.6) is 5.75 Å². The lowest BCUT2D eigenvalue weighted by molar-refractivity contribution is -0.149. The maximum atomic E-state index is 14.3. The molecule has 2 heterocycles. The van der Waals surface area contributed by atoms with Gasteiger partial charge in [0, 0.05) is 38.2 Å². The number of hydrogen-bond acceptors (Lipinski definition) is 4. The van der Waals surface area contributed by atoms with Gasteiger partial charge in [-0.25, -0.2) is 4.39 Å². The molecule has 1 aromatic carbocycles. The molecule has 2 aliphatic rings. The van der Waals surface area contributed by atoms with E-state index in [1.807, 2.05) is 12.1 Å². The predicted molar refractivity (Wildman–Crippen MR) is 76.9 cm³/mol. The van der Waals surface area contributed by atoms with Crippen molar-refractivity contribution in [3.63, 3.8) is 0 Å². The highest BCUT2D eigenvalue weighted by Crippen LogP contribution is 2.31. The lowest BCUT2D eigenvalue weighted by Crippen LogP contribution is -2.55. The van der Waals surface area contributed by atoms with Crippen LogP contribution < -0.4 is 4.74 Å². The Bertz CT molecular complexity index is 502. The minimum atomic E-state index is -0.268. The molecule has 1 spiro atoms. The molecule has 0 N–H and O–H groups in total. The number of rotatable bonds is 3. The zero-order valence-electron chi connectivity index (χ0n) is 12.6. The van der Waals surface area contributed by atoms with Crippen LogP contribution >= 0.6 is 0 Å². The monoisotopic (exact) mass is 295 g/mol. The van der Waals surface area contributed by atoms with Crippen LogP contribution in [0.15, 0.2) is 18.2 Å². The van der Waals surface area contributed by atoms with E-state index in [0.717, 1.165) is 26.1 Å². The Morgan fingerprint density at radius 1 is 1.48 bits per heavy atom. The molecular weight excluding hydrogens is 273 g/mol. The standard InChI is InChI=1S/C16H22FNO3/c1-12-8-18(10-16(21-12)6-7-20-11-16)9-13-4-3-5-14(19-2)15(13)17/h3-5,12H,6-11H2,1-2H3/t12-,16+/m0/s1. The van der Waals surface area contributed by atoms with Gasteiger partial charge in [-0.05, 0) is 13.0 Å². The second-order valence-electron chi connectivity index (χ2n) is 6.02. The first kappa shape index (κ1) is 14.8. The summed E-state index contributed by atoms with van der Waals surface area (Å²) in [6.45, 7) is 5.60. The van der Waals surface area contributed by atoms with Crippen molar-refractivity contribution in [1.82, 2.24) is 4.90 Å². The third kappa shape index (κ3) is 3.05. The van der Waals surface area contributed by atoms with Gasteiger partial charge in [0.1, 0.15) is 5.60 Å². The van der Waals surface area contributed by atoms with E-state index in [9.17, 15) is 4.39 Å². The second kappa shape index (κ2) is 5.91. The molecule has 2 saturated heterocycles.